The fraction of sp³-hybridized carbons (Fsp3) is 0.421. The Hall–Kier alpha value is -2.17. The molecule has 1 aromatic rings. The van der Waals surface area contributed by atoms with Gasteiger partial charge in [0, 0.05) is 29.9 Å². The summed E-state index contributed by atoms with van der Waals surface area (Å²) in [4.78, 5) is 24.2. The van der Waals surface area contributed by atoms with E-state index in [2.05, 4.69) is 4.36 Å². The van der Waals surface area contributed by atoms with E-state index in [0.717, 1.165) is 19.3 Å². The second-order valence-corrected chi connectivity index (χ2v) is 9.61. The number of hydrogen-bond acceptors (Lipinski definition) is 6. The molecule has 1 saturated carbocycles. The summed E-state index contributed by atoms with van der Waals surface area (Å²) < 4.78 is 17.3. The second-order valence-electron chi connectivity index (χ2n) is 6.69. The minimum Gasteiger partial charge on any atom is -0.506 e. The van der Waals surface area contributed by atoms with Crippen LogP contribution in [0.25, 0.3) is 5.76 Å². The lowest BCUT2D eigenvalue weighted by atomic mass is 9.89. The first-order valence-corrected chi connectivity index (χ1v) is 11.0. The van der Waals surface area contributed by atoms with Gasteiger partial charge < -0.3 is 5.11 Å². The molecule has 1 saturated heterocycles. The molecule has 142 valence electrons. The number of nitriles is 1. The molecule has 27 heavy (non-hydrogen) atoms. The molecular weight excluding hydrogens is 388 g/mol. The number of Topliss-reactive ketones (excluding diaryl/α,β-unsaturated/α-hetero) is 2. The van der Waals surface area contributed by atoms with Crippen LogP contribution in [0.4, 0.5) is 5.69 Å². The third-order valence-electron chi connectivity index (χ3n) is 4.78. The zero-order valence-corrected chi connectivity index (χ0v) is 16.2. The van der Waals surface area contributed by atoms with Crippen LogP contribution in [0.1, 0.15) is 49.7 Å². The lowest BCUT2D eigenvalue weighted by molar-refractivity contribution is -0.123. The van der Waals surface area contributed by atoms with Crippen LogP contribution in [-0.2, 0) is 19.3 Å². The summed E-state index contributed by atoms with van der Waals surface area (Å²) in [6.07, 6.45) is 3.40. The smallest absolute Gasteiger partial charge is 0.170 e. The Morgan fingerprint density at radius 1 is 1.11 bits per heavy atom. The maximum atomic E-state index is 13.0. The maximum Gasteiger partial charge on any atom is 0.170 e. The zero-order valence-electron chi connectivity index (χ0n) is 14.7. The number of allylic oxidation sites excluding steroid dienone is 1. The van der Waals surface area contributed by atoms with Crippen LogP contribution < -0.4 is 0 Å². The summed E-state index contributed by atoms with van der Waals surface area (Å²) >= 11 is 6.40. The van der Waals surface area contributed by atoms with Crippen molar-refractivity contribution in [1.29, 1.82) is 5.26 Å². The van der Waals surface area contributed by atoms with Crippen molar-refractivity contribution in [3.63, 3.8) is 0 Å². The SMILES string of the molecule is N#Cc1ccc(C(O)=C2C(=O)CCCC2=O)c(Cl)c1N=S1(=O)CCCCC1. The Labute approximate surface area is 163 Å². The van der Waals surface area contributed by atoms with Crippen LogP contribution in [0.3, 0.4) is 0 Å². The minimum atomic E-state index is -2.53. The van der Waals surface area contributed by atoms with E-state index in [1.54, 1.807) is 0 Å². The quantitative estimate of drug-likeness (QED) is 0.452. The van der Waals surface area contributed by atoms with Gasteiger partial charge in [0.05, 0.1) is 20.3 Å². The predicted molar refractivity (Wildman–Crippen MR) is 103 cm³/mol. The van der Waals surface area contributed by atoms with Gasteiger partial charge in [-0.2, -0.15) is 9.62 Å². The molecular formula is C19H19ClN2O4S. The number of benzene rings is 1. The molecule has 1 heterocycles. The molecule has 0 bridgehead atoms. The van der Waals surface area contributed by atoms with Crippen molar-refractivity contribution >= 4 is 44.3 Å². The monoisotopic (exact) mass is 406 g/mol. The first-order valence-electron chi connectivity index (χ1n) is 8.81. The van der Waals surface area contributed by atoms with Crippen LogP contribution in [0.2, 0.25) is 5.02 Å². The van der Waals surface area contributed by atoms with E-state index in [4.69, 9.17) is 11.6 Å². The van der Waals surface area contributed by atoms with E-state index in [1.807, 2.05) is 6.07 Å². The fourth-order valence-electron chi connectivity index (χ4n) is 3.33. The third kappa shape index (κ3) is 3.92. The van der Waals surface area contributed by atoms with E-state index in [-0.39, 0.29) is 40.3 Å². The molecule has 1 aliphatic carbocycles. The standard InChI is InChI=1S/C19H19ClN2O4S/c20-17-13(19(25)16-14(23)5-4-6-15(16)24)8-7-12(11-21)18(17)22-27(26)9-2-1-3-10-27/h7-8,25H,1-6,9-10H2. The van der Waals surface area contributed by atoms with Crippen LogP contribution in [-0.4, -0.2) is 32.4 Å². The third-order valence-corrected chi connectivity index (χ3v) is 7.53. The first kappa shape index (κ1) is 19.6. The Bertz CT molecular complexity index is 983. The van der Waals surface area contributed by atoms with Gasteiger partial charge in [0.15, 0.2) is 11.6 Å². The number of rotatable bonds is 2. The van der Waals surface area contributed by atoms with Crippen molar-refractivity contribution in [2.45, 2.75) is 38.5 Å². The molecule has 0 unspecified atom stereocenters. The Balaban J connectivity index is 2.19. The van der Waals surface area contributed by atoms with Crippen LogP contribution >= 0.6 is 11.6 Å². The van der Waals surface area contributed by atoms with E-state index in [9.17, 15) is 24.2 Å². The van der Waals surface area contributed by atoms with E-state index < -0.39 is 27.1 Å². The Morgan fingerprint density at radius 3 is 2.33 bits per heavy atom. The summed E-state index contributed by atoms with van der Waals surface area (Å²) in [5.74, 6) is -0.499. The van der Waals surface area contributed by atoms with Crippen LogP contribution in [0.5, 0.6) is 0 Å². The summed E-state index contributed by atoms with van der Waals surface area (Å²) in [5, 5.41) is 19.9. The van der Waals surface area contributed by atoms with Crippen molar-refractivity contribution in [3.05, 3.63) is 33.9 Å². The van der Waals surface area contributed by atoms with Crippen molar-refractivity contribution in [1.82, 2.24) is 0 Å². The van der Waals surface area contributed by atoms with E-state index in [1.165, 1.54) is 12.1 Å². The number of aliphatic hydroxyl groups excluding tert-OH is 1. The molecule has 3 rings (SSSR count). The predicted octanol–water partition coefficient (Wildman–Crippen LogP) is 4.09. The molecule has 8 heteroatoms. The Kier molecular flexibility index (Phi) is 5.68. The molecule has 0 atom stereocenters. The largest absolute Gasteiger partial charge is 0.506 e. The normalized spacial score (nSPS) is 19.5. The molecule has 0 radical (unpaired) electrons. The van der Waals surface area contributed by atoms with Gasteiger partial charge in [0.25, 0.3) is 0 Å². The first-order chi connectivity index (χ1) is 12.9. The number of hydrogen-bond donors (Lipinski definition) is 1. The molecule has 0 amide bonds. The minimum absolute atomic E-state index is 0.0476. The van der Waals surface area contributed by atoms with Gasteiger partial charge >= 0.3 is 0 Å². The summed E-state index contributed by atoms with van der Waals surface area (Å²) in [7, 11) is -2.53. The number of carbonyl (C=O) groups excluding carboxylic acids is 2. The highest BCUT2D eigenvalue weighted by atomic mass is 35.5. The van der Waals surface area contributed by atoms with Gasteiger partial charge in [0.2, 0.25) is 0 Å². The fourth-order valence-corrected chi connectivity index (χ4v) is 5.90. The van der Waals surface area contributed by atoms with Gasteiger partial charge in [0.1, 0.15) is 23.1 Å². The van der Waals surface area contributed by atoms with Crippen molar-refractivity contribution < 1.29 is 18.9 Å². The highest BCUT2D eigenvalue weighted by Gasteiger charge is 2.29. The molecule has 6 nitrogen and oxygen atoms in total. The average molecular weight is 407 g/mol. The van der Waals surface area contributed by atoms with Gasteiger partial charge in [-0.15, -0.1) is 0 Å². The molecule has 0 aromatic heterocycles. The topological polar surface area (TPSA) is 108 Å². The number of halogens is 1. The molecule has 0 spiro atoms. The van der Waals surface area contributed by atoms with E-state index >= 15 is 0 Å². The molecule has 2 fully saturated rings. The zero-order chi connectivity index (χ0) is 19.6. The average Bonchev–Trinajstić information content (AvgIpc) is 2.63. The number of ketones is 2. The van der Waals surface area contributed by atoms with Gasteiger partial charge in [-0.05, 0) is 31.4 Å². The van der Waals surface area contributed by atoms with Gasteiger partial charge in [-0.25, -0.2) is 4.21 Å². The highest BCUT2D eigenvalue weighted by Crippen LogP contribution is 2.38. The molecule has 1 aromatic carbocycles. The van der Waals surface area contributed by atoms with Crippen LogP contribution in [0, 0.1) is 11.3 Å². The summed E-state index contributed by atoms with van der Waals surface area (Å²) in [6, 6.07) is 4.75. The number of aliphatic hydroxyl groups is 1. The van der Waals surface area contributed by atoms with Crippen molar-refractivity contribution in [2.24, 2.45) is 4.36 Å². The summed E-state index contributed by atoms with van der Waals surface area (Å²) in [5.41, 5.74) is -0.0324. The number of carbonyl (C=O) groups is 2. The Morgan fingerprint density at radius 2 is 1.74 bits per heavy atom. The van der Waals surface area contributed by atoms with Crippen LogP contribution in [0.15, 0.2) is 22.1 Å². The van der Waals surface area contributed by atoms with Crippen molar-refractivity contribution in [2.75, 3.05) is 11.5 Å². The molecule has 2 aliphatic rings. The highest BCUT2D eigenvalue weighted by molar-refractivity contribution is 7.93. The van der Waals surface area contributed by atoms with E-state index in [0.29, 0.717) is 17.9 Å². The maximum absolute atomic E-state index is 13.0. The second kappa shape index (κ2) is 7.83. The van der Waals surface area contributed by atoms with Crippen molar-refractivity contribution in [3.8, 4) is 6.07 Å². The lowest BCUT2D eigenvalue weighted by Gasteiger charge is -2.17. The van der Waals surface area contributed by atoms with Gasteiger partial charge in [-0.1, -0.05) is 18.0 Å². The lowest BCUT2D eigenvalue weighted by Crippen LogP contribution is -2.20. The molecule has 1 N–H and O–H groups in total. The number of nitrogens with zero attached hydrogens (tertiary/aromatic N) is 2. The molecule has 1 aliphatic heterocycles. The van der Waals surface area contributed by atoms with Gasteiger partial charge in [-0.3, -0.25) is 9.59 Å². The summed E-state index contributed by atoms with van der Waals surface area (Å²) in [6.45, 7) is 0.